The van der Waals surface area contributed by atoms with Gasteiger partial charge in [0.1, 0.15) is 6.33 Å². The van der Waals surface area contributed by atoms with E-state index in [2.05, 4.69) is 35.8 Å². The van der Waals surface area contributed by atoms with Gasteiger partial charge in [0.2, 0.25) is 5.88 Å². The number of ether oxygens (including phenoxy) is 1. The number of hydrogen-bond acceptors (Lipinski definition) is 5. The third-order valence-corrected chi connectivity index (χ3v) is 3.85. The maximum atomic E-state index is 6.34. The second kappa shape index (κ2) is 5.84. The Morgan fingerprint density at radius 1 is 1.42 bits per heavy atom. The number of rotatable bonds is 3. The summed E-state index contributed by atoms with van der Waals surface area (Å²) < 4.78 is 5.44. The van der Waals surface area contributed by atoms with Crippen LogP contribution in [0.4, 0.5) is 0 Å². The van der Waals surface area contributed by atoms with Gasteiger partial charge in [-0.05, 0) is 25.9 Å². The highest BCUT2D eigenvalue weighted by Gasteiger charge is 2.31. The van der Waals surface area contributed by atoms with Crippen molar-refractivity contribution in [1.29, 1.82) is 0 Å². The molecule has 0 aliphatic carbocycles. The molecule has 1 aliphatic heterocycles. The molecule has 1 aromatic heterocycles. The van der Waals surface area contributed by atoms with Crippen molar-refractivity contribution in [1.82, 2.24) is 14.9 Å². The summed E-state index contributed by atoms with van der Waals surface area (Å²) in [5.74, 6) is 1.31. The van der Waals surface area contributed by atoms with Gasteiger partial charge < -0.3 is 15.4 Å². The average Bonchev–Trinajstić information content (AvgIpc) is 2.38. The van der Waals surface area contributed by atoms with E-state index in [4.69, 9.17) is 10.5 Å². The molecule has 1 fully saturated rings. The molecule has 2 N–H and O–H groups in total. The molecule has 0 radical (unpaired) electrons. The van der Waals surface area contributed by atoms with Crippen molar-refractivity contribution in [2.75, 3.05) is 27.2 Å². The first-order valence-corrected chi connectivity index (χ1v) is 6.87. The summed E-state index contributed by atoms with van der Waals surface area (Å²) in [4.78, 5) is 11.0. The van der Waals surface area contributed by atoms with Gasteiger partial charge in [0.25, 0.3) is 0 Å². The van der Waals surface area contributed by atoms with Crippen LogP contribution in [0.3, 0.4) is 0 Å². The second-order valence-electron chi connectivity index (χ2n) is 5.66. The molecule has 5 heteroatoms. The first-order valence-electron chi connectivity index (χ1n) is 6.87. The third kappa shape index (κ3) is 2.87. The van der Waals surface area contributed by atoms with Gasteiger partial charge >= 0.3 is 0 Å². The standard InChI is InChI=1S/C14H24N4O/c1-9(2)13-12(14(19-4)17-8-16-13)10-5-6-18(3)7-11(10)15/h8-11H,5-7,15H2,1-4H3. The van der Waals surface area contributed by atoms with Crippen molar-refractivity contribution >= 4 is 0 Å². The van der Waals surface area contributed by atoms with Gasteiger partial charge in [0.15, 0.2) is 0 Å². The largest absolute Gasteiger partial charge is 0.481 e. The summed E-state index contributed by atoms with van der Waals surface area (Å²) in [5.41, 5.74) is 8.52. The summed E-state index contributed by atoms with van der Waals surface area (Å²) in [6.45, 7) is 6.24. The van der Waals surface area contributed by atoms with Gasteiger partial charge in [-0.15, -0.1) is 0 Å². The Hall–Kier alpha value is -1.20. The fourth-order valence-corrected chi connectivity index (χ4v) is 2.87. The minimum atomic E-state index is 0.108. The Balaban J connectivity index is 2.42. The number of nitrogens with two attached hydrogens (primary N) is 1. The topological polar surface area (TPSA) is 64.3 Å². The van der Waals surface area contributed by atoms with Gasteiger partial charge in [-0.25, -0.2) is 9.97 Å². The number of nitrogens with zero attached hydrogens (tertiary/aromatic N) is 3. The zero-order valence-corrected chi connectivity index (χ0v) is 12.3. The van der Waals surface area contributed by atoms with Crippen LogP contribution < -0.4 is 10.5 Å². The van der Waals surface area contributed by atoms with Gasteiger partial charge in [-0.1, -0.05) is 13.8 Å². The second-order valence-corrected chi connectivity index (χ2v) is 5.66. The van der Waals surface area contributed by atoms with Crippen LogP contribution in [0.15, 0.2) is 6.33 Å². The van der Waals surface area contributed by atoms with E-state index in [0.29, 0.717) is 11.8 Å². The predicted octanol–water partition coefficient (Wildman–Crippen LogP) is 1.35. The van der Waals surface area contributed by atoms with Crippen LogP contribution >= 0.6 is 0 Å². The van der Waals surface area contributed by atoms with Crippen LogP contribution in [0.2, 0.25) is 0 Å². The predicted molar refractivity (Wildman–Crippen MR) is 75.5 cm³/mol. The maximum absolute atomic E-state index is 6.34. The van der Waals surface area contributed by atoms with Crippen molar-refractivity contribution in [3.05, 3.63) is 17.6 Å². The molecule has 0 aromatic carbocycles. The molecule has 1 saturated heterocycles. The molecule has 0 amide bonds. The van der Waals surface area contributed by atoms with Crippen LogP contribution in [0.1, 0.15) is 43.4 Å². The minimum absolute atomic E-state index is 0.108. The lowest BCUT2D eigenvalue weighted by atomic mass is 9.83. The van der Waals surface area contributed by atoms with E-state index >= 15 is 0 Å². The van der Waals surface area contributed by atoms with Crippen molar-refractivity contribution in [2.24, 2.45) is 5.73 Å². The third-order valence-electron chi connectivity index (χ3n) is 3.85. The number of likely N-dealkylation sites (tertiary alicyclic amines) is 1. The first-order chi connectivity index (χ1) is 9.04. The Labute approximate surface area is 115 Å². The number of methoxy groups -OCH3 is 1. The van der Waals surface area contributed by atoms with Gasteiger partial charge in [0.05, 0.1) is 12.8 Å². The lowest BCUT2D eigenvalue weighted by Gasteiger charge is -2.36. The summed E-state index contributed by atoms with van der Waals surface area (Å²) in [5, 5.41) is 0. The molecule has 106 valence electrons. The SMILES string of the molecule is COc1ncnc(C(C)C)c1C1CCN(C)CC1N. The van der Waals surface area contributed by atoms with E-state index in [-0.39, 0.29) is 12.0 Å². The lowest BCUT2D eigenvalue weighted by molar-refractivity contribution is 0.224. The zero-order chi connectivity index (χ0) is 14.0. The van der Waals surface area contributed by atoms with Crippen molar-refractivity contribution in [2.45, 2.75) is 38.1 Å². The Morgan fingerprint density at radius 3 is 2.74 bits per heavy atom. The Bertz CT molecular complexity index is 435. The molecule has 0 spiro atoms. The minimum Gasteiger partial charge on any atom is -0.481 e. The van der Waals surface area contributed by atoms with Crippen LogP contribution in [0.5, 0.6) is 5.88 Å². The van der Waals surface area contributed by atoms with Crippen LogP contribution in [0.25, 0.3) is 0 Å². The molecule has 2 atom stereocenters. The summed E-state index contributed by atoms with van der Waals surface area (Å²) in [7, 11) is 3.77. The Morgan fingerprint density at radius 2 is 2.16 bits per heavy atom. The quantitative estimate of drug-likeness (QED) is 0.893. The summed E-state index contributed by atoms with van der Waals surface area (Å²) >= 11 is 0. The zero-order valence-electron chi connectivity index (χ0n) is 12.3. The lowest BCUT2D eigenvalue weighted by Crippen LogP contribution is -2.46. The van der Waals surface area contributed by atoms with Crippen LogP contribution in [-0.4, -0.2) is 48.2 Å². The molecule has 0 bridgehead atoms. The van der Waals surface area contributed by atoms with Crippen LogP contribution in [0, 0.1) is 0 Å². The Kier molecular flexibility index (Phi) is 4.37. The molecule has 0 saturated carbocycles. The number of likely N-dealkylation sites (N-methyl/N-ethyl adjacent to an activating group) is 1. The van der Waals surface area contributed by atoms with E-state index < -0.39 is 0 Å². The van der Waals surface area contributed by atoms with E-state index in [1.165, 1.54) is 0 Å². The highest BCUT2D eigenvalue weighted by molar-refractivity contribution is 5.37. The van der Waals surface area contributed by atoms with E-state index in [1.54, 1.807) is 13.4 Å². The molecule has 2 rings (SSSR count). The maximum Gasteiger partial charge on any atom is 0.219 e. The van der Waals surface area contributed by atoms with Crippen molar-refractivity contribution in [3.63, 3.8) is 0 Å². The molecule has 19 heavy (non-hydrogen) atoms. The molecular weight excluding hydrogens is 240 g/mol. The van der Waals surface area contributed by atoms with E-state index in [1.807, 2.05) is 0 Å². The summed E-state index contributed by atoms with van der Waals surface area (Å²) in [6, 6.07) is 0.108. The average molecular weight is 264 g/mol. The fourth-order valence-electron chi connectivity index (χ4n) is 2.87. The smallest absolute Gasteiger partial charge is 0.219 e. The number of piperidine rings is 1. The van der Waals surface area contributed by atoms with E-state index in [9.17, 15) is 0 Å². The molecular formula is C14H24N4O. The number of aromatic nitrogens is 2. The number of hydrogen-bond donors (Lipinski definition) is 1. The van der Waals surface area contributed by atoms with Crippen molar-refractivity contribution in [3.8, 4) is 5.88 Å². The van der Waals surface area contributed by atoms with E-state index in [0.717, 1.165) is 30.8 Å². The fraction of sp³-hybridized carbons (Fsp3) is 0.714. The van der Waals surface area contributed by atoms with Crippen molar-refractivity contribution < 1.29 is 4.74 Å². The highest BCUT2D eigenvalue weighted by Crippen LogP contribution is 2.36. The summed E-state index contributed by atoms with van der Waals surface area (Å²) in [6.07, 6.45) is 2.61. The van der Waals surface area contributed by atoms with Gasteiger partial charge in [-0.2, -0.15) is 0 Å². The molecule has 1 aromatic rings. The highest BCUT2D eigenvalue weighted by atomic mass is 16.5. The van der Waals surface area contributed by atoms with Gasteiger partial charge in [0, 0.05) is 24.1 Å². The normalized spacial score (nSPS) is 24.7. The first kappa shape index (κ1) is 14.2. The van der Waals surface area contributed by atoms with Gasteiger partial charge in [-0.3, -0.25) is 0 Å². The molecule has 2 unspecified atom stereocenters. The monoisotopic (exact) mass is 264 g/mol. The molecule has 1 aliphatic rings. The van der Waals surface area contributed by atoms with Crippen LogP contribution in [-0.2, 0) is 0 Å². The molecule has 2 heterocycles. The molecule has 5 nitrogen and oxygen atoms in total.